The fourth-order valence-corrected chi connectivity index (χ4v) is 3.74. The average Bonchev–Trinajstić information content (AvgIpc) is 3.20. The van der Waals surface area contributed by atoms with Crippen LogP contribution in [0.5, 0.6) is 0 Å². The minimum Gasteiger partial charge on any atom is -0.357 e. The van der Waals surface area contributed by atoms with Crippen molar-refractivity contribution in [3.05, 3.63) is 60.3 Å². The van der Waals surface area contributed by atoms with Gasteiger partial charge in [-0.3, -0.25) is 4.79 Å². The number of piperidine rings is 1. The summed E-state index contributed by atoms with van der Waals surface area (Å²) in [5, 5.41) is 15.6. The van der Waals surface area contributed by atoms with Crippen LogP contribution in [0, 0.1) is 6.92 Å². The van der Waals surface area contributed by atoms with E-state index in [9.17, 15) is 4.79 Å². The zero-order valence-electron chi connectivity index (χ0n) is 17.2. The lowest BCUT2D eigenvalue weighted by molar-refractivity contribution is 0.102. The van der Waals surface area contributed by atoms with Gasteiger partial charge < -0.3 is 10.2 Å². The molecule has 156 valence electrons. The summed E-state index contributed by atoms with van der Waals surface area (Å²) < 4.78 is 1.71. The largest absolute Gasteiger partial charge is 0.357 e. The fourth-order valence-electron chi connectivity index (χ4n) is 3.74. The number of fused-ring (bicyclic) bond motifs is 1. The number of aryl methyl sites for hydroxylation is 1. The van der Waals surface area contributed by atoms with E-state index in [1.54, 1.807) is 10.6 Å². The van der Waals surface area contributed by atoms with Gasteiger partial charge in [-0.2, -0.15) is 9.61 Å². The smallest absolute Gasteiger partial charge is 0.274 e. The van der Waals surface area contributed by atoms with Crippen LogP contribution in [0.2, 0.25) is 0 Å². The van der Waals surface area contributed by atoms with E-state index in [-0.39, 0.29) is 5.91 Å². The van der Waals surface area contributed by atoms with E-state index in [1.165, 1.54) is 12.7 Å². The van der Waals surface area contributed by atoms with Crippen LogP contribution in [0.3, 0.4) is 0 Å². The molecule has 0 bridgehead atoms. The summed E-state index contributed by atoms with van der Waals surface area (Å²) in [6, 6.07) is 13.1. The normalized spacial score (nSPS) is 14.0. The van der Waals surface area contributed by atoms with Gasteiger partial charge in [0.1, 0.15) is 17.8 Å². The number of benzene rings is 1. The highest BCUT2D eigenvalue weighted by Gasteiger charge is 2.15. The molecule has 9 nitrogen and oxygen atoms in total. The highest BCUT2D eigenvalue weighted by Crippen LogP contribution is 2.21. The molecule has 1 fully saturated rings. The van der Waals surface area contributed by atoms with Crippen LogP contribution >= 0.6 is 0 Å². The number of nitrogens with one attached hydrogen (secondary N) is 1. The number of aromatic nitrogens is 6. The van der Waals surface area contributed by atoms with Gasteiger partial charge in [0.25, 0.3) is 5.91 Å². The molecule has 1 aliphatic rings. The van der Waals surface area contributed by atoms with Crippen molar-refractivity contribution in [1.29, 1.82) is 0 Å². The van der Waals surface area contributed by atoms with Crippen molar-refractivity contribution in [2.24, 2.45) is 0 Å². The van der Waals surface area contributed by atoms with Gasteiger partial charge >= 0.3 is 0 Å². The van der Waals surface area contributed by atoms with E-state index in [0.29, 0.717) is 17.0 Å². The van der Waals surface area contributed by atoms with Gasteiger partial charge in [-0.15, -0.1) is 10.2 Å². The van der Waals surface area contributed by atoms with Crippen molar-refractivity contribution in [2.45, 2.75) is 26.2 Å². The van der Waals surface area contributed by atoms with Gasteiger partial charge in [-0.1, -0.05) is 12.1 Å². The Balaban J connectivity index is 1.31. The van der Waals surface area contributed by atoms with Gasteiger partial charge in [0.2, 0.25) is 0 Å². The molecule has 1 aromatic carbocycles. The van der Waals surface area contributed by atoms with E-state index in [0.717, 1.165) is 48.8 Å². The summed E-state index contributed by atoms with van der Waals surface area (Å²) in [5.74, 6) is 1.28. The van der Waals surface area contributed by atoms with Crippen molar-refractivity contribution < 1.29 is 4.79 Å². The van der Waals surface area contributed by atoms with Gasteiger partial charge in [0, 0.05) is 30.4 Å². The van der Waals surface area contributed by atoms with Gasteiger partial charge in [0.15, 0.2) is 11.5 Å². The first-order chi connectivity index (χ1) is 15.2. The van der Waals surface area contributed by atoms with E-state index >= 15 is 0 Å². The second-order valence-corrected chi connectivity index (χ2v) is 7.58. The van der Waals surface area contributed by atoms with Gasteiger partial charge in [-0.05, 0) is 50.5 Å². The Hall–Kier alpha value is -3.88. The number of hydrogen-bond acceptors (Lipinski definition) is 7. The Morgan fingerprint density at radius 1 is 0.968 bits per heavy atom. The lowest BCUT2D eigenvalue weighted by Gasteiger charge is -2.27. The molecule has 31 heavy (non-hydrogen) atoms. The van der Waals surface area contributed by atoms with E-state index < -0.39 is 0 Å². The quantitative estimate of drug-likeness (QED) is 0.547. The number of rotatable bonds is 4. The number of nitrogens with zero attached hydrogens (tertiary/aromatic N) is 7. The third-order valence-corrected chi connectivity index (χ3v) is 5.42. The molecule has 0 unspecified atom stereocenters. The number of carbonyl (C=O) groups excluding carboxylic acids is 1. The van der Waals surface area contributed by atoms with Gasteiger partial charge in [0.05, 0.1) is 5.69 Å². The summed E-state index contributed by atoms with van der Waals surface area (Å²) in [5.41, 5.74) is 3.49. The number of anilines is 2. The SMILES string of the molecule is Cc1nnc2ccc(-c3ccc(NC(=O)c4cc(N5CCCCC5)ncn4)cc3)nn12. The molecule has 5 rings (SSSR count). The highest BCUT2D eigenvalue weighted by atomic mass is 16.1. The summed E-state index contributed by atoms with van der Waals surface area (Å²) >= 11 is 0. The second-order valence-electron chi connectivity index (χ2n) is 7.58. The lowest BCUT2D eigenvalue weighted by atomic mass is 10.1. The summed E-state index contributed by atoms with van der Waals surface area (Å²) in [4.78, 5) is 23.4. The van der Waals surface area contributed by atoms with Crippen LogP contribution in [0.15, 0.2) is 48.8 Å². The lowest BCUT2D eigenvalue weighted by Crippen LogP contribution is -2.30. The number of amides is 1. The van der Waals surface area contributed by atoms with Crippen LogP contribution in [-0.4, -0.2) is 48.8 Å². The summed E-state index contributed by atoms with van der Waals surface area (Å²) in [6.07, 6.45) is 5.00. The van der Waals surface area contributed by atoms with Crippen molar-refractivity contribution in [3.63, 3.8) is 0 Å². The topological polar surface area (TPSA) is 101 Å². The van der Waals surface area contributed by atoms with E-state index in [1.807, 2.05) is 43.3 Å². The molecule has 0 spiro atoms. The molecule has 3 aromatic heterocycles. The second kappa shape index (κ2) is 8.10. The Morgan fingerprint density at radius 3 is 2.58 bits per heavy atom. The molecule has 0 radical (unpaired) electrons. The average molecular weight is 414 g/mol. The molecule has 9 heteroatoms. The van der Waals surface area contributed by atoms with Crippen LogP contribution in [0.1, 0.15) is 35.6 Å². The van der Waals surface area contributed by atoms with Crippen molar-refractivity contribution >= 4 is 23.1 Å². The molecule has 1 amide bonds. The molecular formula is C22H22N8O. The Morgan fingerprint density at radius 2 is 1.77 bits per heavy atom. The third kappa shape index (κ3) is 3.94. The first kappa shape index (κ1) is 19.1. The Labute approximate surface area is 179 Å². The first-order valence-corrected chi connectivity index (χ1v) is 10.4. The first-order valence-electron chi connectivity index (χ1n) is 10.4. The maximum absolute atomic E-state index is 12.7. The molecule has 0 saturated carbocycles. The Bertz CT molecular complexity index is 1230. The maximum Gasteiger partial charge on any atom is 0.274 e. The third-order valence-electron chi connectivity index (χ3n) is 5.42. The predicted octanol–water partition coefficient (Wildman–Crippen LogP) is 3.13. The standard InChI is InChI=1S/C22H22N8O/c1-15-26-27-20-10-9-18(28-30(15)20)16-5-7-17(8-6-16)25-22(31)19-13-21(24-14-23-19)29-11-3-2-4-12-29/h5-10,13-14H,2-4,11-12H2,1H3,(H,25,31). The molecule has 1 aliphatic heterocycles. The van der Waals surface area contributed by atoms with Gasteiger partial charge in [-0.25, -0.2) is 9.97 Å². The zero-order chi connectivity index (χ0) is 21.2. The summed E-state index contributed by atoms with van der Waals surface area (Å²) in [6.45, 7) is 3.79. The molecule has 4 heterocycles. The minimum atomic E-state index is -0.256. The molecule has 4 aromatic rings. The molecule has 1 saturated heterocycles. The van der Waals surface area contributed by atoms with E-state index in [2.05, 4.69) is 35.5 Å². The molecule has 1 N–H and O–H groups in total. The van der Waals surface area contributed by atoms with Crippen LogP contribution in [0.4, 0.5) is 11.5 Å². The Kier molecular flexibility index (Phi) is 4.99. The summed E-state index contributed by atoms with van der Waals surface area (Å²) in [7, 11) is 0. The van der Waals surface area contributed by atoms with Crippen molar-refractivity contribution in [2.75, 3.05) is 23.3 Å². The van der Waals surface area contributed by atoms with Crippen LogP contribution in [0.25, 0.3) is 16.9 Å². The van der Waals surface area contributed by atoms with Crippen molar-refractivity contribution in [1.82, 2.24) is 29.8 Å². The van der Waals surface area contributed by atoms with Crippen molar-refractivity contribution in [3.8, 4) is 11.3 Å². The minimum absolute atomic E-state index is 0.256. The van der Waals surface area contributed by atoms with Crippen LogP contribution < -0.4 is 10.2 Å². The molecule has 0 atom stereocenters. The zero-order valence-corrected chi connectivity index (χ0v) is 17.2. The predicted molar refractivity (Wildman–Crippen MR) is 117 cm³/mol. The van der Waals surface area contributed by atoms with E-state index in [4.69, 9.17) is 0 Å². The van der Waals surface area contributed by atoms with Crippen LogP contribution in [-0.2, 0) is 0 Å². The maximum atomic E-state index is 12.7. The number of carbonyl (C=O) groups is 1. The molecule has 0 aliphatic carbocycles. The monoisotopic (exact) mass is 414 g/mol. The number of hydrogen-bond donors (Lipinski definition) is 1. The highest BCUT2D eigenvalue weighted by molar-refractivity contribution is 6.03. The molecular weight excluding hydrogens is 392 g/mol. The fraction of sp³-hybridized carbons (Fsp3) is 0.273.